The van der Waals surface area contributed by atoms with E-state index in [1.54, 1.807) is 0 Å². The van der Waals surface area contributed by atoms with Crippen LogP contribution in [0, 0.1) is 0 Å². The van der Waals surface area contributed by atoms with Crippen molar-refractivity contribution in [3.63, 3.8) is 0 Å². The molecular weight excluding hydrogens is 348 g/mol. The lowest BCUT2D eigenvalue weighted by Crippen LogP contribution is -2.03. The number of aromatic nitrogens is 2. The highest BCUT2D eigenvalue weighted by atomic mass is 16.5. The van der Waals surface area contributed by atoms with Gasteiger partial charge in [0.1, 0.15) is 12.4 Å². The summed E-state index contributed by atoms with van der Waals surface area (Å²) < 4.78 is 7.97. The van der Waals surface area contributed by atoms with Crippen molar-refractivity contribution in [2.75, 3.05) is 0 Å². The van der Waals surface area contributed by atoms with Crippen molar-refractivity contribution in [1.82, 2.24) is 9.78 Å². The smallest absolute Gasteiger partial charge is 0.272 e. The van der Waals surface area contributed by atoms with Gasteiger partial charge in [0.2, 0.25) is 0 Å². The van der Waals surface area contributed by atoms with Crippen LogP contribution in [0.15, 0.2) is 95.8 Å². The molecule has 0 bridgehead atoms. The van der Waals surface area contributed by atoms with Crippen LogP contribution in [-0.2, 0) is 6.61 Å². The van der Waals surface area contributed by atoms with Gasteiger partial charge in [0.25, 0.3) is 5.56 Å². The zero-order valence-corrected chi connectivity index (χ0v) is 15.1. The Labute approximate surface area is 161 Å². The average Bonchev–Trinajstić information content (AvgIpc) is 3.10. The fraction of sp³-hybridized carbons (Fsp3) is 0.0417. The standard InChI is InChI=1S/C24H18N2O2/c27-24-21-15-22(28-16-17-9-3-1-4-10-17)19-13-7-8-14-20(19)23(21)26(25-24)18-11-5-2-6-12-18/h1-15H,16H2,(H,25,27). The third kappa shape index (κ3) is 2.76. The maximum absolute atomic E-state index is 12.7. The number of para-hydroxylation sites is 1. The molecule has 5 aromatic rings. The first-order chi connectivity index (χ1) is 13.8. The van der Waals surface area contributed by atoms with E-state index < -0.39 is 0 Å². The summed E-state index contributed by atoms with van der Waals surface area (Å²) in [6, 6.07) is 29.7. The molecule has 0 spiro atoms. The maximum Gasteiger partial charge on any atom is 0.272 e. The number of benzene rings is 4. The Morgan fingerprint density at radius 2 is 1.39 bits per heavy atom. The quantitative estimate of drug-likeness (QED) is 0.484. The van der Waals surface area contributed by atoms with E-state index in [4.69, 9.17) is 4.74 Å². The fourth-order valence-corrected chi connectivity index (χ4v) is 3.58. The lowest BCUT2D eigenvalue weighted by molar-refractivity contribution is 0.310. The second-order valence-corrected chi connectivity index (χ2v) is 6.70. The minimum Gasteiger partial charge on any atom is -0.488 e. The molecule has 4 heteroatoms. The molecule has 1 N–H and O–H groups in total. The summed E-state index contributed by atoms with van der Waals surface area (Å²) in [5.41, 5.74) is 2.73. The molecule has 0 aliphatic rings. The zero-order chi connectivity index (χ0) is 18.9. The molecule has 1 heterocycles. The SMILES string of the molecule is O=c1[nH]n(-c2ccccc2)c2c1cc(OCc1ccccc1)c1ccccc12. The molecule has 4 aromatic carbocycles. The van der Waals surface area contributed by atoms with Crippen LogP contribution >= 0.6 is 0 Å². The molecule has 0 amide bonds. The maximum atomic E-state index is 12.7. The van der Waals surface area contributed by atoms with Crippen LogP contribution < -0.4 is 10.3 Å². The normalized spacial score (nSPS) is 11.1. The molecule has 28 heavy (non-hydrogen) atoms. The fourth-order valence-electron chi connectivity index (χ4n) is 3.58. The largest absolute Gasteiger partial charge is 0.488 e. The van der Waals surface area contributed by atoms with Crippen LogP contribution in [0.2, 0.25) is 0 Å². The molecule has 0 unspecified atom stereocenters. The third-order valence-electron chi connectivity index (χ3n) is 4.91. The Kier molecular flexibility index (Phi) is 3.95. The number of aromatic amines is 1. The van der Waals surface area contributed by atoms with Gasteiger partial charge in [-0.3, -0.25) is 14.6 Å². The minimum atomic E-state index is -0.130. The first-order valence-corrected chi connectivity index (χ1v) is 9.20. The van der Waals surface area contributed by atoms with Crippen LogP contribution in [0.25, 0.3) is 27.4 Å². The van der Waals surface area contributed by atoms with Gasteiger partial charge in [0.05, 0.1) is 16.6 Å². The van der Waals surface area contributed by atoms with Crippen LogP contribution in [0.1, 0.15) is 5.56 Å². The Balaban J connectivity index is 1.71. The molecule has 1 aromatic heterocycles. The minimum absolute atomic E-state index is 0.130. The number of hydrogen-bond donors (Lipinski definition) is 1. The highest BCUT2D eigenvalue weighted by Gasteiger charge is 2.15. The highest BCUT2D eigenvalue weighted by Crippen LogP contribution is 2.33. The molecule has 0 saturated carbocycles. The van der Waals surface area contributed by atoms with Crippen molar-refractivity contribution in [2.45, 2.75) is 6.61 Å². The molecule has 4 nitrogen and oxygen atoms in total. The second kappa shape index (κ2) is 6.74. The number of hydrogen-bond acceptors (Lipinski definition) is 2. The topological polar surface area (TPSA) is 47.0 Å². The summed E-state index contributed by atoms with van der Waals surface area (Å²) >= 11 is 0. The van der Waals surface area contributed by atoms with Gasteiger partial charge in [0.15, 0.2) is 0 Å². The lowest BCUT2D eigenvalue weighted by atomic mass is 10.1. The highest BCUT2D eigenvalue weighted by molar-refractivity contribution is 6.09. The lowest BCUT2D eigenvalue weighted by Gasteiger charge is -2.12. The van der Waals surface area contributed by atoms with E-state index in [1.165, 1.54) is 0 Å². The number of nitrogens with one attached hydrogen (secondary N) is 1. The predicted molar refractivity (Wildman–Crippen MR) is 112 cm³/mol. The van der Waals surface area contributed by atoms with Crippen LogP contribution in [0.5, 0.6) is 5.75 Å². The van der Waals surface area contributed by atoms with E-state index in [-0.39, 0.29) is 5.56 Å². The molecule has 5 rings (SSSR count). The van der Waals surface area contributed by atoms with Gasteiger partial charge >= 0.3 is 0 Å². The molecule has 136 valence electrons. The predicted octanol–water partition coefficient (Wildman–Crippen LogP) is 5.05. The Morgan fingerprint density at radius 1 is 0.750 bits per heavy atom. The van der Waals surface area contributed by atoms with E-state index in [0.29, 0.717) is 17.7 Å². The first kappa shape index (κ1) is 16.4. The van der Waals surface area contributed by atoms with Gasteiger partial charge in [-0.05, 0) is 23.8 Å². The molecule has 0 aliphatic heterocycles. The van der Waals surface area contributed by atoms with E-state index in [2.05, 4.69) is 5.10 Å². The Morgan fingerprint density at radius 3 is 2.14 bits per heavy atom. The summed E-state index contributed by atoms with van der Waals surface area (Å²) in [5.74, 6) is 0.711. The Bertz CT molecular complexity index is 1320. The summed E-state index contributed by atoms with van der Waals surface area (Å²) in [7, 11) is 0. The summed E-state index contributed by atoms with van der Waals surface area (Å²) in [4.78, 5) is 12.7. The number of nitrogens with zero attached hydrogens (tertiary/aromatic N) is 1. The molecule has 0 aliphatic carbocycles. The van der Waals surface area contributed by atoms with Gasteiger partial charge in [0, 0.05) is 10.8 Å². The number of rotatable bonds is 4. The molecular formula is C24H18N2O2. The van der Waals surface area contributed by atoms with Crippen molar-refractivity contribution >= 4 is 21.7 Å². The molecule has 0 saturated heterocycles. The van der Waals surface area contributed by atoms with E-state index in [9.17, 15) is 4.79 Å². The van der Waals surface area contributed by atoms with Gasteiger partial charge in [-0.25, -0.2) is 0 Å². The van der Waals surface area contributed by atoms with Crippen LogP contribution in [0.4, 0.5) is 0 Å². The second-order valence-electron chi connectivity index (χ2n) is 6.70. The first-order valence-electron chi connectivity index (χ1n) is 9.20. The van der Waals surface area contributed by atoms with Crippen LogP contribution in [0.3, 0.4) is 0 Å². The van der Waals surface area contributed by atoms with Crippen molar-refractivity contribution in [3.05, 3.63) is 107 Å². The summed E-state index contributed by atoms with van der Waals surface area (Å²) in [6.07, 6.45) is 0. The molecule has 0 fully saturated rings. The van der Waals surface area contributed by atoms with Crippen molar-refractivity contribution in [2.24, 2.45) is 0 Å². The van der Waals surface area contributed by atoms with Gasteiger partial charge < -0.3 is 4.74 Å². The van der Waals surface area contributed by atoms with Crippen molar-refractivity contribution < 1.29 is 4.74 Å². The van der Waals surface area contributed by atoms with E-state index in [0.717, 1.165) is 27.5 Å². The number of H-pyrrole nitrogens is 1. The molecule has 0 atom stereocenters. The Hall–Kier alpha value is -3.79. The van der Waals surface area contributed by atoms with Gasteiger partial charge in [-0.2, -0.15) is 0 Å². The number of ether oxygens (including phenoxy) is 1. The number of fused-ring (bicyclic) bond motifs is 3. The zero-order valence-electron chi connectivity index (χ0n) is 15.1. The van der Waals surface area contributed by atoms with Crippen molar-refractivity contribution in [1.29, 1.82) is 0 Å². The van der Waals surface area contributed by atoms with Crippen molar-refractivity contribution in [3.8, 4) is 11.4 Å². The molecule has 0 radical (unpaired) electrons. The van der Waals surface area contributed by atoms with E-state index in [1.807, 2.05) is 95.7 Å². The van der Waals surface area contributed by atoms with E-state index >= 15 is 0 Å². The summed E-state index contributed by atoms with van der Waals surface area (Å²) in [5, 5.41) is 5.54. The monoisotopic (exact) mass is 366 g/mol. The third-order valence-corrected chi connectivity index (χ3v) is 4.91. The summed E-state index contributed by atoms with van der Waals surface area (Å²) in [6.45, 7) is 0.452. The average molecular weight is 366 g/mol. The van der Waals surface area contributed by atoms with Gasteiger partial charge in [-0.1, -0.05) is 72.8 Å². The van der Waals surface area contributed by atoms with Gasteiger partial charge in [-0.15, -0.1) is 0 Å². The van der Waals surface area contributed by atoms with Crippen LogP contribution in [-0.4, -0.2) is 9.78 Å².